The Balaban J connectivity index is 1.74. The van der Waals surface area contributed by atoms with E-state index in [0.29, 0.717) is 24.4 Å². The molecule has 0 saturated heterocycles. The van der Waals surface area contributed by atoms with Crippen LogP contribution in [0.2, 0.25) is 5.02 Å². The van der Waals surface area contributed by atoms with E-state index in [9.17, 15) is 0 Å². The van der Waals surface area contributed by atoms with E-state index in [1.807, 2.05) is 37.4 Å². The Kier molecular flexibility index (Phi) is 4.30. The Labute approximate surface area is 130 Å². The zero-order chi connectivity index (χ0) is 14.7. The molecule has 1 aromatic heterocycles. The van der Waals surface area contributed by atoms with Gasteiger partial charge < -0.3 is 10.1 Å². The molecule has 3 rings (SSSR count). The van der Waals surface area contributed by atoms with Gasteiger partial charge in [0.05, 0.1) is 24.5 Å². The van der Waals surface area contributed by atoms with Crippen LogP contribution in [-0.2, 0) is 0 Å². The van der Waals surface area contributed by atoms with Crippen molar-refractivity contribution in [3.8, 4) is 5.88 Å². The number of halogens is 1. The van der Waals surface area contributed by atoms with Crippen molar-refractivity contribution in [3.05, 3.63) is 53.2 Å². The molecule has 1 aromatic carbocycles. The Morgan fingerprint density at radius 3 is 2.57 bits per heavy atom. The van der Waals surface area contributed by atoms with Crippen molar-refractivity contribution in [3.63, 3.8) is 0 Å². The number of nitrogens with zero attached hydrogens (tertiary/aromatic N) is 1. The molecule has 1 fully saturated rings. The molecular formula is C17H19ClN2O. The van der Waals surface area contributed by atoms with Gasteiger partial charge in [0.2, 0.25) is 5.88 Å². The van der Waals surface area contributed by atoms with Crippen molar-refractivity contribution in [2.24, 2.45) is 5.92 Å². The largest absolute Gasteiger partial charge is 0.478 e. The van der Waals surface area contributed by atoms with E-state index in [4.69, 9.17) is 16.3 Å². The molecule has 21 heavy (non-hydrogen) atoms. The number of benzene rings is 1. The maximum absolute atomic E-state index is 5.97. The summed E-state index contributed by atoms with van der Waals surface area (Å²) in [5.41, 5.74) is 2.29. The second-order valence-corrected chi connectivity index (χ2v) is 5.77. The summed E-state index contributed by atoms with van der Waals surface area (Å²) in [4.78, 5) is 4.30. The lowest BCUT2D eigenvalue weighted by Crippen LogP contribution is -2.13. The number of hydrogen-bond acceptors (Lipinski definition) is 3. The van der Waals surface area contributed by atoms with Crippen molar-refractivity contribution in [1.82, 2.24) is 4.98 Å². The van der Waals surface area contributed by atoms with Gasteiger partial charge in [-0.2, -0.15) is 0 Å². The van der Waals surface area contributed by atoms with Crippen molar-refractivity contribution < 1.29 is 4.74 Å². The quantitative estimate of drug-likeness (QED) is 0.840. The van der Waals surface area contributed by atoms with E-state index in [1.54, 1.807) is 0 Å². The fourth-order valence-electron chi connectivity index (χ4n) is 2.45. The van der Waals surface area contributed by atoms with Crippen LogP contribution in [0, 0.1) is 5.92 Å². The van der Waals surface area contributed by atoms with Gasteiger partial charge in [-0.15, -0.1) is 0 Å². The monoisotopic (exact) mass is 302 g/mol. The number of anilines is 1. The van der Waals surface area contributed by atoms with Gasteiger partial charge in [-0.05, 0) is 49.4 Å². The van der Waals surface area contributed by atoms with Crippen molar-refractivity contribution >= 4 is 17.3 Å². The molecule has 0 bridgehead atoms. The summed E-state index contributed by atoms with van der Waals surface area (Å²) >= 11 is 5.97. The van der Waals surface area contributed by atoms with E-state index in [-0.39, 0.29) is 0 Å². The van der Waals surface area contributed by atoms with Crippen LogP contribution in [0.3, 0.4) is 0 Å². The summed E-state index contributed by atoms with van der Waals surface area (Å²) in [7, 11) is 0. The number of aromatic nitrogens is 1. The Bertz CT molecular complexity index is 579. The Morgan fingerprint density at radius 1 is 1.24 bits per heavy atom. The zero-order valence-electron chi connectivity index (χ0n) is 12.1. The lowest BCUT2D eigenvalue weighted by molar-refractivity contribution is 0.327. The maximum Gasteiger partial charge on any atom is 0.213 e. The van der Waals surface area contributed by atoms with Crippen LogP contribution in [0.15, 0.2) is 42.6 Å². The Morgan fingerprint density at radius 2 is 2.00 bits per heavy atom. The molecule has 0 spiro atoms. The van der Waals surface area contributed by atoms with Crippen LogP contribution in [0.25, 0.3) is 0 Å². The third-order valence-corrected chi connectivity index (χ3v) is 3.93. The smallest absolute Gasteiger partial charge is 0.213 e. The summed E-state index contributed by atoms with van der Waals surface area (Å²) in [6, 6.07) is 12.3. The summed E-state index contributed by atoms with van der Waals surface area (Å²) in [6.45, 7) is 2.59. The summed E-state index contributed by atoms with van der Waals surface area (Å²) in [5.74, 6) is 1.36. The molecule has 0 radical (unpaired) electrons. The molecule has 1 N–H and O–H groups in total. The molecule has 1 saturated carbocycles. The molecule has 1 aliphatic rings. The van der Waals surface area contributed by atoms with Crippen molar-refractivity contribution in [2.75, 3.05) is 11.9 Å². The summed E-state index contributed by atoms with van der Waals surface area (Å²) in [6.07, 6.45) is 4.37. The predicted molar refractivity (Wildman–Crippen MR) is 85.9 cm³/mol. The van der Waals surface area contributed by atoms with Crippen LogP contribution in [0.4, 0.5) is 5.69 Å². The molecule has 2 aromatic rings. The van der Waals surface area contributed by atoms with Crippen LogP contribution in [0.5, 0.6) is 5.88 Å². The fraction of sp³-hybridized carbons (Fsp3) is 0.353. The molecule has 1 aliphatic carbocycles. The minimum Gasteiger partial charge on any atom is -0.478 e. The summed E-state index contributed by atoms with van der Waals surface area (Å²) in [5, 5.41) is 4.36. The highest BCUT2D eigenvalue weighted by atomic mass is 35.5. The average Bonchev–Trinajstić information content (AvgIpc) is 3.33. The fourth-order valence-corrected chi connectivity index (χ4v) is 2.58. The van der Waals surface area contributed by atoms with Crippen LogP contribution < -0.4 is 10.1 Å². The first-order valence-electron chi connectivity index (χ1n) is 7.37. The number of nitrogens with one attached hydrogen (secondary N) is 1. The third kappa shape index (κ3) is 3.67. The first kappa shape index (κ1) is 14.2. The SMILES string of the molecule is CCOc1ccc(NC(c2ccc(Cl)cc2)C2CC2)cn1. The van der Waals surface area contributed by atoms with Crippen molar-refractivity contribution in [2.45, 2.75) is 25.8 Å². The van der Waals surface area contributed by atoms with Gasteiger partial charge in [0, 0.05) is 11.1 Å². The standard InChI is InChI=1S/C17H19ClN2O/c1-2-21-16-10-9-15(11-19-16)20-17(12-3-4-12)13-5-7-14(18)8-6-13/h5-12,17,20H,2-4H2,1H3. The van der Waals surface area contributed by atoms with Gasteiger partial charge in [0.25, 0.3) is 0 Å². The van der Waals surface area contributed by atoms with Crippen molar-refractivity contribution in [1.29, 1.82) is 0 Å². The molecule has 0 amide bonds. The molecule has 4 heteroatoms. The normalized spacial score (nSPS) is 15.5. The van der Waals surface area contributed by atoms with Gasteiger partial charge >= 0.3 is 0 Å². The van der Waals surface area contributed by atoms with E-state index in [0.717, 1.165) is 10.7 Å². The topological polar surface area (TPSA) is 34.1 Å². The number of hydrogen-bond donors (Lipinski definition) is 1. The van der Waals surface area contributed by atoms with E-state index in [1.165, 1.54) is 18.4 Å². The molecule has 0 aliphatic heterocycles. The first-order valence-corrected chi connectivity index (χ1v) is 7.75. The third-order valence-electron chi connectivity index (χ3n) is 3.67. The molecule has 3 nitrogen and oxygen atoms in total. The second-order valence-electron chi connectivity index (χ2n) is 5.33. The first-order chi connectivity index (χ1) is 10.3. The highest BCUT2D eigenvalue weighted by molar-refractivity contribution is 6.30. The van der Waals surface area contributed by atoms with Gasteiger partial charge in [-0.25, -0.2) is 4.98 Å². The van der Waals surface area contributed by atoms with E-state index in [2.05, 4.69) is 22.4 Å². The predicted octanol–water partition coefficient (Wildman–Crippen LogP) is 4.70. The van der Waals surface area contributed by atoms with E-state index >= 15 is 0 Å². The minimum absolute atomic E-state index is 0.321. The van der Waals surface area contributed by atoms with E-state index < -0.39 is 0 Å². The molecule has 1 atom stereocenters. The number of rotatable bonds is 6. The van der Waals surface area contributed by atoms with Crippen LogP contribution >= 0.6 is 11.6 Å². The molecule has 110 valence electrons. The van der Waals surface area contributed by atoms with Crippen LogP contribution in [-0.4, -0.2) is 11.6 Å². The highest BCUT2D eigenvalue weighted by Crippen LogP contribution is 2.43. The van der Waals surface area contributed by atoms with Gasteiger partial charge in [-0.3, -0.25) is 0 Å². The lowest BCUT2D eigenvalue weighted by Gasteiger charge is -2.20. The summed E-state index contributed by atoms with van der Waals surface area (Å²) < 4.78 is 5.37. The maximum atomic E-state index is 5.97. The molecular weight excluding hydrogens is 284 g/mol. The van der Waals surface area contributed by atoms with Gasteiger partial charge in [0.15, 0.2) is 0 Å². The zero-order valence-corrected chi connectivity index (χ0v) is 12.8. The highest BCUT2D eigenvalue weighted by Gasteiger charge is 2.32. The van der Waals surface area contributed by atoms with Gasteiger partial charge in [-0.1, -0.05) is 23.7 Å². The molecule has 1 heterocycles. The minimum atomic E-state index is 0.321. The number of pyridine rings is 1. The van der Waals surface area contributed by atoms with Gasteiger partial charge in [0.1, 0.15) is 0 Å². The van der Waals surface area contributed by atoms with Crippen LogP contribution in [0.1, 0.15) is 31.4 Å². The lowest BCUT2D eigenvalue weighted by atomic mass is 10.0. The average molecular weight is 303 g/mol. The Hall–Kier alpha value is -1.74. The second kappa shape index (κ2) is 6.35. The number of ether oxygens (including phenoxy) is 1. The molecule has 1 unspecified atom stereocenters.